The summed E-state index contributed by atoms with van der Waals surface area (Å²) in [7, 11) is 0. The van der Waals surface area contributed by atoms with Gasteiger partial charge in [0.15, 0.2) is 0 Å². The predicted molar refractivity (Wildman–Crippen MR) is 311 cm³/mol. The molecule has 0 heterocycles. The highest BCUT2D eigenvalue weighted by Crippen LogP contribution is 2.18. The Morgan fingerprint density at radius 2 is 0.592 bits per heavy atom. The molecular weight excluding hydrogens is 875 g/mol. The molecule has 0 aliphatic rings. The summed E-state index contributed by atoms with van der Waals surface area (Å²) in [5.41, 5.74) is 0. The molecule has 5 N–H and O–H groups in total. The van der Waals surface area contributed by atoms with Crippen LogP contribution in [0.2, 0.25) is 0 Å². The Morgan fingerprint density at radius 1 is 0.338 bits per heavy atom. The van der Waals surface area contributed by atoms with Crippen molar-refractivity contribution < 1.29 is 25.2 Å². The van der Waals surface area contributed by atoms with Crippen molar-refractivity contribution in [2.75, 3.05) is 6.61 Å². The van der Waals surface area contributed by atoms with Crippen LogP contribution in [0.15, 0.2) is 36.5 Å². The predicted octanol–water partition coefficient (Wildman–Crippen LogP) is 19.1. The van der Waals surface area contributed by atoms with Crippen molar-refractivity contribution in [3.8, 4) is 0 Å². The maximum Gasteiger partial charge on any atom is 0.249 e. The third-order valence-electron chi connectivity index (χ3n) is 15.1. The van der Waals surface area contributed by atoms with Gasteiger partial charge in [0.2, 0.25) is 5.91 Å². The first-order valence-corrected chi connectivity index (χ1v) is 31.9. The number of aliphatic hydroxyl groups excluding tert-OH is 4. The molecule has 0 rings (SSSR count). The molecule has 6 heteroatoms. The number of carbonyl (C=O) groups is 1. The minimum absolute atomic E-state index is 0.358. The third kappa shape index (κ3) is 53.2. The van der Waals surface area contributed by atoms with E-state index in [1.54, 1.807) is 0 Å². The Labute approximate surface area is 443 Å². The van der Waals surface area contributed by atoms with Gasteiger partial charge in [-0.3, -0.25) is 4.79 Å². The first-order valence-electron chi connectivity index (χ1n) is 31.9. The summed E-state index contributed by atoms with van der Waals surface area (Å²) in [6.45, 7) is 4.08. The number of carbonyl (C=O) groups excluding carboxylic acids is 1. The van der Waals surface area contributed by atoms with Crippen molar-refractivity contribution in [3.63, 3.8) is 0 Å². The third-order valence-corrected chi connectivity index (χ3v) is 15.1. The van der Waals surface area contributed by atoms with Gasteiger partial charge in [-0.05, 0) is 77.0 Å². The SMILES string of the molecule is CCCCCCCCCCCCCC/C=C\CCCCCCCCCCCC(O)C(=O)NC(CO)C(O)C(O)CCC/C=C/CC/C=C/CCCCCCCCCCCCCCCCCCCCCCC. The molecule has 6 nitrogen and oxygen atoms in total. The number of allylic oxidation sites excluding steroid dienone is 6. The van der Waals surface area contributed by atoms with E-state index < -0.39 is 36.9 Å². The molecule has 0 fully saturated rings. The van der Waals surface area contributed by atoms with Gasteiger partial charge in [0.1, 0.15) is 12.2 Å². The van der Waals surface area contributed by atoms with Gasteiger partial charge in [-0.15, -0.1) is 0 Å². The monoisotopic (exact) mass is 1000 g/mol. The van der Waals surface area contributed by atoms with Crippen LogP contribution in [0.5, 0.6) is 0 Å². The number of nitrogens with one attached hydrogen (secondary N) is 1. The summed E-state index contributed by atoms with van der Waals surface area (Å²) in [6.07, 6.45) is 75.3. The molecule has 0 aliphatic heterocycles. The Hall–Kier alpha value is -1.47. The van der Waals surface area contributed by atoms with Crippen LogP contribution in [0.1, 0.15) is 341 Å². The molecule has 0 aliphatic carbocycles. The van der Waals surface area contributed by atoms with Crippen molar-refractivity contribution in [1.82, 2.24) is 5.32 Å². The highest BCUT2D eigenvalue weighted by molar-refractivity contribution is 5.80. The molecular formula is C65H125NO5. The maximum atomic E-state index is 12.6. The quantitative estimate of drug-likeness (QED) is 0.0308. The summed E-state index contributed by atoms with van der Waals surface area (Å²) in [5, 5.41) is 44.1. The van der Waals surface area contributed by atoms with Crippen molar-refractivity contribution in [2.45, 2.75) is 366 Å². The van der Waals surface area contributed by atoms with Gasteiger partial charge in [0.05, 0.1) is 18.8 Å². The molecule has 420 valence electrons. The second-order valence-corrected chi connectivity index (χ2v) is 22.1. The zero-order chi connectivity index (χ0) is 51.6. The Balaban J connectivity index is 3.64. The summed E-state index contributed by atoms with van der Waals surface area (Å²) >= 11 is 0. The van der Waals surface area contributed by atoms with Crippen LogP contribution in [0.4, 0.5) is 0 Å². The molecule has 0 saturated heterocycles. The van der Waals surface area contributed by atoms with Gasteiger partial charge in [-0.1, -0.05) is 301 Å². The van der Waals surface area contributed by atoms with Crippen LogP contribution in [0.3, 0.4) is 0 Å². The standard InChI is InChI=1S/C65H125NO5/c1-3-5-7-9-11-13-15-17-19-21-23-25-27-29-30-31-32-33-35-36-38-40-42-44-46-48-50-52-54-56-58-62(68)64(70)61(60-67)66-65(71)63(69)59-57-55-53-51-49-47-45-43-41-39-37-34-28-26-24-22-20-18-16-14-12-10-8-6-4-2/h34,37,42,44,50,52,61-64,67-70H,3-33,35-36,38-41,43,45-49,51,53-60H2,1-2H3,(H,66,71)/b37-34-,44-42+,52-50+. The molecule has 0 aromatic carbocycles. The van der Waals surface area contributed by atoms with E-state index in [-0.39, 0.29) is 0 Å². The van der Waals surface area contributed by atoms with E-state index in [9.17, 15) is 25.2 Å². The number of hydrogen-bond donors (Lipinski definition) is 5. The van der Waals surface area contributed by atoms with Crippen LogP contribution in [0, 0.1) is 0 Å². The van der Waals surface area contributed by atoms with Crippen LogP contribution < -0.4 is 5.32 Å². The average Bonchev–Trinajstić information content (AvgIpc) is 3.38. The molecule has 0 radical (unpaired) electrons. The largest absolute Gasteiger partial charge is 0.394 e. The number of rotatable bonds is 59. The van der Waals surface area contributed by atoms with Crippen LogP contribution in [-0.4, -0.2) is 57.3 Å². The first kappa shape index (κ1) is 69.5. The number of hydrogen-bond acceptors (Lipinski definition) is 5. The molecule has 4 atom stereocenters. The van der Waals surface area contributed by atoms with Crippen molar-refractivity contribution >= 4 is 5.91 Å². The smallest absolute Gasteiger partial charge is 0.249 e. The van der Waals surface area contributed by atoms with Crippen LogP contribution >= 0.6 is 0 Å². The van der Waals surface area contributed by atoms with Crippen molar-refractivity contribution in [3.05, 3.63) is 36.5 Å². The van der Waals surface area contributed by atoms with Gasteiger partial charge < -0.3 is 25.7 Å². The second kappa shape index (κ2) is 59.4. The lowest BCUT2D eigenvalue weighted by Gasteiger charge is -2.27. The minimum atomic E-state index is -1.29. The van der Waals surface area contributed by atoms with E-state index in [4.69, 9.17) is 0 Å². The van der Waals surface area contributed by atoms with E-state index in [1.165, 1.54) is 270 Å². The fourth-order valence-corrected chi connectivity index (χ4v) is 10.1. The number of amides is 1. The Morgan fingerprint density at radius 3 is 0.887 bits per heavy atom. The van der Waals surface area contributed by atoms with E-state index >= 15 is 0 Å². The summed E-state index contributed by atoms with van der Waals surface area (Å²) in [6, 6.07) is -1.01. The molecule has 0 aromatic heterocycles. The van der Waals surface area contributed by atoms with E-state index in [0.29, 0.717) is 19.3 Å². The summed E-state index contributed by atoms with van der Waals surface area (Å²) < 4.78 is 0. The van der Waals surface area contributed by atoms with Crippen LogP contribution in [-0.2, 0) is 4.79 Å². The Bertz CT molecular complexity index is 1120. The molecule has 0 bridgehead atoms. The minimum Gasteiger partial charge on any atom is -0.394 e. The molecule has 0 spiro atoms. The van der Waals surface area contributed by atoms with Crippen LogP contribution in [0.25, 0.3) is 0 Å². The fraction of sp³-hybridized carbons (Fsp3) is 0.892. The number of unbranched alkanes of at least 4 members (excludes halogenated alkanes) is 44. The fourth-order valence-electron chi connectivity index (χ4n) is 10.1. The number of aliphatic hydroxyl groups is 4. The highest BCUT2D eigenvalue weighted by Gasteiger charge is 2.28. The molecule has 1 amide bonds. The van der Waals surface area contributed by atoms with Gasteiger partial charge >= 0.3 is 0 Å². The summed E-state index contributed by atoms with van der Waals surface area (Å²) in [4.78, 5) is 12.6. The molecule has 0 aromatic rings. The lowest BCUT2D eigenvalue weighted by Crippen LogP contribution is -2.53. The zero-order valence-corrected chi connectivity index (χ0v) is 47.7. The summed E-state index contributed by atoms with van der Waals surface area (Å²) in [5.74, 6) is -0.595. The van der Waals surface area contributed by atoms with Gasteiger partial charge in [0, 0.05) is 0 Å². The second-order valence-electron chi connectivity index (χ2n) is 22.1. The van der Waals surface area contributed by atoms with Gasteiger partial charge in [-0.2, -0.15) is 0 Å². The molecule has 71 heavy (non-hydrogen) atoms. The zero-order valence-electron chi connectivity index (χ0n) is 47.7. The van der Waals surface area contributed by atoms with Crippen molar-refractivity contribution in [1.29, 1.82) is 0 Å². The first-order chi connectivity index (χ1) is 35.0. The maximum absolute atomic E-state index is 12.6. The highest BCUT2D eigenvalue weighted by atomic mass is 16.3. The normalized spacial score (nSPS) is 13.8. The van der Waals surface area contributed by atoms with Crippen molar-refractivity contribution in [2.24, 2.45) is 0 Å². The van der Waals surface area contributed by atoms with E-state index in [1.807, 2.05) is 0 Å². The molecule has 0 saturated carbocycles. The molecule has 4 unspecified atom stereocenters. The lowest BCUT2D eigenvalue weighted by atomic mass is 10.00. The van der Waals surface area contributed by atoms with Gasteiger partial charge in [0.25, 0.3) is 0 Å². The van der Waals surface area contributed by atoms with E-state index in [0.717, 1.165) is 38.5 Å². The topological polar surface area (TPSA) is 110 Å². The van der Waals surface area contributed by atoms with Gasteiger partial charge in [-0.25, -0.2) is 0 Å². The lowest BCUT2D eigenvalue weighted by molar-refractivity contribution is -0.132. The average molecular weight is 1000 g/mol. The van der Waals surface area contributed by atoms with E-state index in [2.05, 4.69) is 55.6 Å². The Kier molecular flexibility index (Phi) is 58.2.